The average molecular weight is 347 g/mol. The normalized spacial score (nSPS) is 11.5. The van der Waals surface area contributed by atoms with Crippen LogP contribution in [0.5, 0.6) is 0 Å². The van der Waals surface area contributed by atoms with Crippen LogP contribution < -0.4 is 16.0 Å². The topological polar surface area (TPSA) is 126 Å². The predicted octanol–water partition coefficient (Wildman–Crippen LogP) is 0.331. The van der Waals surface area contributed by atoms with Gasteiger partial charge in [-0.2, -0.15) is 0 Å². The van der Waals surface area contributed by atoms with Crippen LogP contribution in [0.25, 0.3) is 0 Å². The van der Waals surface area contributed by atoms with Crippen molar-refractivity contribution in [1.29, 1.82) is 0 Å². The Morgan fingerprint density at radius 2 is 2.21 bits per heavy atom. The predicted molar refractivity (Wildman–Crippen MR) is 72.4 cm³/mol. The van der Waals surface area contributed by atoms with Gasteiger partial charge in [-0.05, 0) is 22.0 Å². The Hall–Kier alpha value is -1.49. The summed E-state index contributed by atoms with van der Waals surface area (Å²) in [7, 11) is -3.73. The highest BCUT2D eigenvalue weighted by Crippen LogP contribution is 2.22. The molecule has 0 aliphatic carbocycles. The third-order valence-corrected chi connectivity index (χ3v) is 4.10. The van der Waals surface area contributed by atoms with Gasteiger partial charge in [0.25, 0.3) is 0 Å². The van der Waals surface area contributed by atoms with Crippen LogP contribution in [0.2, 0.25) is 0 Å². The molecule has 0 saturated carbocycles. The van der Waals surface area contributed by atoms with Crippen LogP contribution in [-0.2, 0) is 16.6 Å². The van der Waals surface area contributed by atoms with Gasteiger partial charge in [0.15, 0.2) is 5.82 Å². The van der Waals surface area contributed by atoms with Crippen molar-refractivity contribution in [3.8, 4) is 0 Å². The number of imidazole rings is 1. The molecule has 0 radical (unpaired) electrons. The monoisotopic (exact) mass is 346 g/mol. The van der Waals surface area contributed by atoms with Crippen molar-refractivity contribution in [2.24, 2.45) is 5.84 Å². The lowest BCUT2D eigenvalue weighted by molar-refractivity contribution is 0.580. The molecule has 0 aliphatic heterocycles. The minimum atomic E-state index is -3.73. The minimum absolute atomic E-state index is 0.0381. The number of nitrogens with one attached hydrogen (secondary N) is 3. The summed E-state index contributed by atoms with van der Waals surface area (Å²) in [5.41, 5.74) is 2.90. The molecular weight excluding hydrogens is 336 g/mol. The number of hydrogen-bond donors (Lipinski definition) is 4. The molecule has 102 valence electrons. The van der Waals surface area contributed by atoms with Crippen molar-refractivity contribution in [3.05, 3.63) is 35.0 Å². The summed E-state index contributed by atoms with van der Waals surface area (Å²) < 4.78 is 27.3. The van der Waals surface area contributed by atoms with Crippen LogP contribution in [0.4, 0.5) is 5.82 Å². The fraction of sp³-hybridized carbons (Fsp3) is 0.111. The van der Waals surface area contributed by atoms with Crippen molar-refractivity contribution < 1.29 is 8.42 Å². The van der Waals surface area contributed by atoms with Gasteiger partial charge in [0.2, 0.25) is 10.0 Å². The quantitative estimate of drug-likeness (QED) is 0.456. The Balaban J connectivity index is 2.26. The molecule has 0 aliphatic rings. The van der Waals surface area contributed by atoms with Crippen LogP contribution in [0.15, 0.2) is 34.2 Å². The number of pyridine rings is 1. The van der Waals surface area contributed by atoms with Crippen molar-refractivity contribution >= 4 is 31.8 Å². The van der Waals surface area contributed by atoms with Crippen molar-refractivity contribution in [2.75, 3.05) is 5.43 Å². The third kappa shape index (κ3) is 3.29. The number of hydrogen-bond acceptors (Lipinski definition) is 6. The first-order valence-electron chi connectivity index (χ1n) is 5.12. The maximum absolute atomic E-state index is 12.2. The largest absolute Gasteiger partial charge is 0.347 e. The Morgan fingerprint density at radius 1 is 1.42 bits per heavy atom. The molecule has 5 N–H and O–H groups in total. The summed E-state index contributed by atoms with van der Waals surface area (Å²) in [4.78, 5) is 10.4. The van der Waals surface area contributed by atoms with E-state index in [1.807, 2.05) is 0 Å². The molecule has 19 heavy (non-hydrogen) atoms. The van der Waals surface area contributed by atoms with E-state index in [9.17, 15) is 8.42 Å². The van der Waals surface area contributed by atoms with Gasteiger partial charge in [0, 0.05) is 22.6 Å². The first-order valence-corrected chi connectivity index (χ1v) is 7.39. The zero-order chi connectivity index (χ0) is 13.9. The number of nitrogens with two attached hydrogens (primary N) is 1. The van der Waals surface area contributed by atoms with Crippen LogP contribution in [0.1, 0.15) is 5.69 Å². The van der Waals surface area contributed by atoms with Gasteiger partial charge in [0.05, 0.1) is 12.9 Å². The number of halogens is 1. The molecule has 2 rings (SSSR count). The van der Waals surface area contributed by atoms with Crippen molar-refractivity contribution in [1.82, 2.24) is 19.7 Å². The highest BCUT2D eigenvalue weighted by Gasteiger charge is 2.19. The van der Waals surface area contributed by atoms with Crippen LogP contribution >= 0.6 is 15.9 Å². The van der Waals surface area contributed by atoms with E-state index >= 15 is 0 Å². The zero-order valence-corrected chi connectivity index (χ0v) is 12.0. The van der Waals surface area contributed by atoms with Crippen molar-refractivity contribution in [3.63, 3.8) is 0 Å². The Bertz CT molecular complexity index is 657. The lowest BCUT2D eigenvalue weighted by Gasteiger charge is -2.10. The smallest absolute Gasteiger partial charge is 0.244 e. The Morgan fingerprint density at radius 3 is 2.84 bits per heavy atom. The number of sulfonamides is 1. The van der Waals surface area contributed by atoms with E-state index in [4.69, 9.17) is 5.84 Å². The number of aromatic amines is 1. The first-order chi connectivity index (χ1) is 9.03. The van der Waals surface area contributed by atoms with Gasteiger partial charge in [-0.1, -0.05) is 0 Å². The van der Waals surface area contributed by atoms with Gasteiger partial charge in [-0.15, -0.1) is 0 Å². The number of rotatable bonds is 5. The number of H-pyrrole nitrogens is 1. The molecule has 2 aromatic heterocycles. The van der Waals surface area contributed by atoms with E-state index in [1.54, 1.807) is 0 Å². The fourth-order valence-electron chi connectivity index (χ4n) is 1.37. The third-order valence-electron chi connectivity index (χ3n) is 2.25. The SMILES string of the molecule is NNc1ncc(Br)cc1S(=O)(=O)NCc1cnc[nH]1. The molecule has 0 spiro atoms. The van der Waals surface area contributed by atoms with E-state index in [1.165, 1.54) is 24.8 Å². The van der Waals surface area contributed by atoms with E-state index in [0.29, 0.717) is 10.2 Å². The lowest BCUT2D eigenvalue weighted by Crippen LogP contribution is -2.25. The molecule has 2 aromatic rings. The van der Waals surface area contributed by atoms with E-state index in [2.05, 4.69) is 41.0 Å². The second-order valence-electron chi connectivity index (χ2n) is 3.55. The Kier molecular flexibility index (Phi) is 4.14. The van der Waals surface area contributed by atoms with E-state index in [0.717, 1.165) is 0 Å². The summed E-state index contributed by atoms with van der Waals surface area (Å²) >= 11 is 3.17. The van der Waals surface area contributed by atoms with Crippen molar-refractivity contribution in [2.45, 2.75) is 11.4 Å². The highest BCUT2D eigenvalue weighted by molar-refractivity contribution is 9.10. The number of nitrogens with zero attached hydrogens (tertiary/aromatic N) is 2. The number of aromatic nitrogens is 3. The molecule has 0 amide bonds. The summed E-state index contributed by atoms with van der Waals surface area (Å²) in [5, 5.41) is 0. The van der Waals surface area contributed by atoms with E-state index < -0.39 is 10.0 Å². The average Bonchev–Trinajstić information content (AvgIpc) is 2.89. The summed E-state index contributed by atoms with van der Waals surface area (Å²) in [5.74, 6) is 5.32. The molecule has 0 atom stereocenters. The molecule has 2 heterocycles. The fourth-order valence-corrected chi connectivity index (χ4v) is 3.00. The molecular formula is C9H11BrN6O2S. The van der Waals surface area contributed by atoms with Gasteiger partial charge >= 0.3 is 0 Å². The molecule has 0 aromatic carbocycles. The molecule has 10 heteroatoms. The molecule has 0 bridgehead atoms. The number of nitrogen functional groups attached to an aromatic ring is 1. The van der Waals surface area contributed by atoms with E-state index in [-0.39, 0.29) is 17.3 Å². The second kappa shape index (κ2) is 5.65. The molecule has 0 unspecified atom stereocenters. The molecule has 0 saturated heterocycles. The number of hydrazine groups is 1. The first kappa shape index (κ1) is 13.9. The maximum Gasteiger partial charge on any atom is 0.244 e. The van der Waals surface area contributed by atoms with Crippen LogP contribution in [-0.4, -0.2) is 23.4 Å². The standard InChI is InChI=1S/C9H11BrN6O2S/c10-6-1-8(9(16-11)13-2-6)19(17,18)15-4-7-3-12-5-14-7/h1-3,5,15H,4,11H2,(H,12,14)(H,13,16). The summed E-state index contributed by atoms with van der Waals surface area (Å²) in [6.45, 7) is 0.0961. The van der Waals surface area contributed by atoms with Gasteiger partial charge in [0.1, 0.15) is 4.90 Å². The highest BCUT2D eigenvalue weighted by atomic mass is 79.9. The minimum Gasteiger partial charge on any atom is -0.347 e. The Labute approximate surface area is 118 Å². The van der Waals surface area contributed by atoms with Gasteiger partial charge in [-0.3, -0.25) is 0 Å². The summed E-state index contributed by atoms with van der Waals surface area (Å²) in [6.07, 6.45) is 4.45. The second-order valence-corrected chi connectivity index (χ2v) is 6.20. The number of anilines is 1. The van der Waals surface area contributed by atoms with Gasteiger partial charge < -0.3 is 10.4 Å². The maximum atomic E-state index is 12.2. The lowest BCUT2D eigenvalue weighted by atomic mass is 10.5. The summed E-state index contributed by atoms with van der Waals surface area (Å²) in [6, 6.07) is 1.41. The molecule has 8 nitrogen and oxygen atoms in total. The van der Waals surface area contributed by atoms with Crippen LogP contribution in [0, 0.1) is 0 Å². The zero-order valence-electron chi connectivity index (χ0n) is 9.59. The molecule has 0 fully saturated rings. The van der Waals surface area contributed by atoms with Crippen LogP contribution in [0.3, 0.4) is 0 Å². The van der Waals surface area contributed by atoms with Gasteiger partial charge in [-0.25, -0.2) is 29.0 Å².